The molecular weight excluding hydrogens is 354 g/mol. The van der Waals surface area contributed by atoms with Gasteiger partial charge in [0.15, 0.2) is 0 Å². The van der Waals surface area contributed by atoms with Crippen LogP contribution in [-0.4, -0.2) is 77.6 Å². The Balaban J connectivity index is 1.31. The lowest BCUT2D eigenvalue weighted by molar-refractivity contribution is -0.131. The monoisotopic (exact) mass is 381 g/mol. The third kappa shape index (κ3) is 3.17. The lowest BCUT2D eigenvalue weighted by Crippen LogP contribution is -2.52. The van der Waals surface area contributed by atoms with Crippen molar-refractivity contribution in [2.45, 2.75) is 37.8 Å². The average molecular weight is 381 g/mol. The minimum Gasteiger partial charge on any atom is -0.474 e. The van der Waals surface area contributed by atoms with E-state index in [4.69, 9.17) is 4.74 Å². The summed E-state index contributed by atoms with van der Waals surface area (Å²) in [4.78, 5) is 27.7. The molecule has 2 saturated heterocycles. The van der Waals surface area contributed by atoms with E-state index in [9.17, 15) is 4.79 Å². The van der Waals surface area contributed by atoms with E-state index in [1.54, 1.807) is 6.33 Å². The fraction of sp³-hybridized carbons (Fsp3) is 0.571. The quantitative estimate of drug-likeness (QED) is 0.806. The number of hydrogen-bond donors (Lipinski definition) is 0. The van der Waals surface area contributed by atoms with Gasteiger partial charge >= 0.3 is 0 Å². The number of piperazine rings is 1. The van der Waals surface area contributed by atoms with Crippen molar-refractivity contribution in [2.24, 2.45) is 0 Å². The van der Waals surface area contributed by atoms with E-state index in [1.165, 1.54) is 12.1 Å². The molecule has 7 heteroatoms. The molecule has 3 fully saturated rings. The Morgan fingerprint density at radius 1 is 1.04 bits per heavy atom. The van der Waals surface area contributed by atoms with E-state index in [-0.39, 0.29) is 11.9 Å². The number of nitrogens with zero attached hydrogens (tertiary/aromatic N) is 5. The summed E-state index contributed by atoms with van der Waals surface area (Å²) in [6, 6.07) is 6.42. The van der Waals surface area contributed by atoms with E-state index in [0.717, 1.165) is 62.9 Å². The summed E-state index contributed by atoms with van der Waals surface area (Å²) < 4.78 is 6.09. The summed E-state index contributed by atoms with van der Waals surface area (Å²) in [5.41, 5.74) is 2.10. The Kier molecular flexibility index (Phi) is 4.55. The van der Waals surface area contributed by atoms with Crippen LogP contribution in [0, 0.1) is 0 Å². The van der Waals surface area contributed by atoms with Crippen LogP contribution in [0.3, 0.4) is 0 Å². The fourth-order valence-electron chi connectivity index (χ4n) is 4.39. The highest BCUT2D eigenvalue weighted by Crippen LogP contribution is 2.31. The average Bonchev–Trinajstić information content (AvgIpc) is 3.03. The van der Waals surface area contributed by atoms with Gasteiger partial charge in [0.25, 0.3) is 0 Å². The SMILES string of the molecule is CN1CCC(N2CCN(c3ccc4ncnc(OC5CCC5)c4c3)CC2)C1=O. The maximum Gasteiger partial charge on any atom is 0.239 e. The lowest BCUT2D eigenvalue weighted by atomic mass is 9.96. The van der Waals surface area contributed by atoms with Gasteiger partial charge in [0.1, 0.15) is 12.4 Å². The van der Waals surface area contributed by atoms with Crippen LogP contribution < -0.4 is 9.64 Å². The van der Waals surface area contributed by atoms with Crippen LogP contribution in [0.15, 0.2) is 24.5 Å². The molecule has 1 unspecified atom stereocenters. The molecule has 0 N–H and O–H groups in total. The van der Waals surface area contributed by atoms with Crippen LogP contribution in [0.1, 0.15) is 25.7 Å². The van der Waals surface area contributed by atoms with Gasteiger partial charge in [-0.15, -0.1) is 0 Å². The van der Waals surface area contributed by atoms with Gasteiger partial charge in [-0.1, -0.05) is 0 Å². The highest BCUT2D eigenvalue weighted by molar-refractivity contribution is 5.87. The largest absolute Gasteiger partial charge is 0.474 e. The molecular formula is C21H27N5O2. The summed E-state index contributed by atoms with van der Waals surface area (Å²) >= 11 is 0. The number of rotatable bonds is 4. The summed E-state index contributed by atoms with van der Waals surface area (Å²) in [5.74, 6) is 0.976. The maximum absolute atomic E-state index is 12.3. The van der Waals surface area contributed by atoms with Gasteiger partial charge in [-0.3, -0.25) is 9.69 Å². The number of aromatic nitrogens is 2. The molecule has 5 rings (SSSR count). The van der Waals surface area contributed by atoms with Gasteiger partial charge in [0, 0.05) is 45.5 Å². The van der Waals surface area contributed by atoms with Crippen molar-refractivity contribution in [3.05, 3.63) is 24.5 Å². The van der Waals surface area contributed by atoms with E-state index in [0.29, 0.717) is 12.0 Å². The number of fused-ring (bicyclic) bond motifs is 1. The second kappa shape index (κ2) is 7.20. The number of likely N-dealkylation sites (tertiary alicyclic amines) is 1. The molecule has 1 aromatic heterocycles. The van der Waals surface area contributed by atoms with Crippen LogP contribution in [0.25, 0.3) is 10.9 Å². The molecule has 1 aromatic carbocycles. The minimum atomic E-state index is 0.0691. The normalized spacial score (nSPS) is 24.0. The Hall–Kier alpha value is -2.41. The molecule has 28 heavy (non-hydrogen) atoms. The van der Waals surface area contributed by atoms with Gasteiger partial charge in [0.2, 0.25) is 11.8 Å². The van der Waals surface area contributed by atoms with Crippen molar-refractivity contribution in [3.63, 3.8) is 0 Å². The van der Waals surface area contributed by atoms with Gasteiger partial charge in [-0.25, -0.2) is 9.97 Å². The number of anilines is 1. The summed E-state index contributed by atoms with van der Waals surface area (Å²) in [7, 11) is 1.90. The molecule has 1 saturated carbocycles. The molecule has 1 aliphatic carbocycles. The van der Waals surface area contributed by atoms with Crippen LogP contribution in [0.4, 0.5) is 5.69 Å². The number of amides is 1. The molecule has 3 aliphatic rings. The second-order valence-corrected chi connectivity index (χ2v) is 8.14. The van der Waals surface area contributed by atoms with Gasteiger partial charge in [-0.05, 0) is 43.9 Å². The van der Waals surface area contributed by atoms with Gasteiger partial charge < -0.3 is 14.5 Å². The number of likely N-dealkylation sites (N-methyl/N-ethyl adjacent to an activating group) is 1. The summed E-state index contributed by atoms with van der Waals surface area (Å²) in [6.07, 6.45) is 6.30. The first kappa shape index (κ1) is 17.7. The van der Waals surface area contributed by atoms with Crippen molar-refractivity contribution in [2.75, 3.05) is 44.7 Å². The van der Waals surface area contributed by atoms with Crippen molar-refractivity contribution < 1.29 is 9.53 Å². The fourth-order valence-corrected chi connectivity index (χ4v) is 4.39. The molecule has 0 radical (unpaired) electrons. The zero-order chi connectivity index (χ0) is 19.1. The number of benzene rings is 1. The number of carbonyl (C=O) groups is 1. The first-order valence-electron chi connectivity index (χ1n) is 10.3. The molecule has 1 amide bonds. The Bertz CT molecular complexity index is 876. The third-order valence-electron chi connectivity index (χ3n) is 6.43. The minimum absolute atomic E-state index is 0.0691. The van der Waals surface area contributed by atoms with E-state index in [1.807, 2.05) is 11.9 Å². The van der Waals surface area contributed by atoms with Crippen LogP contribution >= 0.6 is 0 Å². The molecule has 148 valence electrons. The highest BCUT2D eigenvalue weighted by Gasteiger charge is 2.35. The predicted octanol–water partition coefficient (Wildman–Crippen LogP) is 1.91. The molecule has 0 spiro atoms. The zero-order valence-electron chi connectivity index (χ0n) is 16.4. The first-order chi connectivity index (χ1) is 13.7. The molecule has 0 bridgehead atoms. The summed E-state index contributed by atoms with van der Waals surface area (Å²) in [5, 5.41) is 0.988. The standard InChI is InChI=1S/C21H27N5O2/c1-24-8-7-19(21(24)27)26-11-9-25(10-12-26)15-5-6-18-17(13-15)20(23-14-22-18)28-16-3-2-4-16/h5-6,13-14,16,19H,2-4,7-12H2,1H3. The highest BCUT2D eigenvalue weighted by atomic mass is 16.5. The Morgan fingerprint density at radius 3 is 2.54 bits per heavy atom. The molecule has 2 aliphatic heterocycles. The van der Waals surface area contributed by atoms with Crippen LogP contribution in [-0.2, 0) is 4.79 Å². The van der Waals surface area contributed by atoms with E-state index < -0.39 is 0 Å². The molecule has 2 aromatic rings. The van der Waals surface area contributed by atoms with E-state index >= 15 is 0 Å². The summed E-state index contributed by atoms with van der Waals surface area (Å²) in [6.45, 7) is 4.55. The van der Waals surface area contributed by atoms with Crippen molar-refractivity contribution in [1.82, 2.24) is 19.8 Å². The smallest absolute Gasteiger partial charge is 0.239 e. The third-order valence-corrected chi connectivity index (χ3v) is 6.43. The predicted molar refractivity (Wildman–Crippen MR) is 108 cm³/mol. The Morgan fingerprint density at radius 2 is 1.86 bits per heavy atom. The zero-order valence-corrected chi connectivity index (χ0v) is 16.4. The van der Waals surface area contributed by atoms with E-state index in [2.05, 4.69) is 38.0 Å². The number of carbonyl (C=O) groups excluding carboxylic acids is 1. The van der Waals surface area contributed by atoms with Crippen molar-refractivity contribution in [3.8, 4) is 5.88 Å². The van der Waals surface area contributed by atoms with Crippen LogP contribution in [0.2, 0.25) is 0 Å². The first-order valence-corrected chi connectivity index (χ1v) is 10.3. The molecule has 7 nitrogen and oxygen atoms in total. The second-order valence-electron chi connectivity index (χ2n) is 8.14. The molecule has 1 atom stereocenters. The number of ether oxygens (including phenoxy) is 1. The van der Waals surface area contributed by atoms with Gasteiger partial charge in [-0.2, -0.15) is 0 Å². The maximum atomic E-state index is 12.3. The lowest BCUT2D eigenvalue weighted by Gasteiger charge is -2.38. The van der Waals surface area contributed by atoms with Crippen molar-refractivity contribution in [1.29, 1.82) is 0 Å². The topological polar surface area (TPSA) is 61.8 Å². The number of hydrogen-bond acceptors (Lipinski definition) is 6. The molecule has 3 heterocycles. The Labute approximate surface area is 165 Å². The van der Waals surface area contributed by atoms with Gasteiger partial charge in [0.05, 0.1) is 16.9 Å². The van der Waals surface area contributed by atoms with Crippen LogP contribution in [0.5, 0.6) is 5.88 Å². The van der Waals surface area contributed by atoms with Crippen molar-refractivity contribution >= 4 is 22.5 Å².